The van der Waals surface area contributed by atoms with Crippen LogP contribution in [0.25, 0.3) is 0 Å². The molecule has 2 heterocycles. The highest BCUT2D eigenvalue weighted by molar-refractivity contribution is 7.88. The zero-order valence-electron chi connectivity index (χ0n) is 15.6. The van der Waals surface area contributed by atoms with E-state index in [9.17, 15) is 13.2 Å². The zero-order chi connectivity index (χ0) is 18.6. The SMILES string of the molecule is CS(=O)(=O)N1CCCN(C(=O)c2ccc(CN3CCCCC3)cc2)CC1. The van der Waals surface area contributed by atoms with Crippen molar-refractivity contribution in [2.75, 3.05) is 45.5 Å². The van der Waals surface area contributed by atoms with E-state index in [1.54, 1.807) is 4.90 Å². The first kappa shape index (κ1) is 19.3. The van der Waals surface area contributed by atoms with Gasteiger partial charge in [-0.25, -0.2) is 12.7 Å². The molecule has 1 aromatic carbocycles. The number of benzene rings is 1. The molecule has 2 aliphatic rings. The number of amides is 1. The fourth-order valence-electron chi connectivity index (χ4n) is 3.74. The average molecular weight is 380 g/mol. The molecule has 6 nitrogen and oxygen atoms in total. The van der Waals surface area contributed by atoms with Crippen LogP contribution < -0.4 is 0 Å². The summed E-state index contributed by atoms with van der Waals surface area (Å²) < 4.78 is 24.9. The van der Waals surface area contributed by atoms with E-state index in [0.29, 0.717) is 38.2 Å². The van der Waals surface area contributed by atoms with E-state index in [-0.39, 0.29) is 5.91 Å². The average Bonchev–Trinajstić information content (AvgIpc) is 2.89. The first-order chi connectivity index (χ1) is 12.4. The Balaban J connectivity index is 1.59. The first-order valence-corrected chi connectivity index (χ1v) is 11.3. The van der Waals surface area contributed by atoms with Gasteiger partial charge in [0.1, 0.15) is 0 Å². The van der Waals surface area contributed by atoms with Gasteiger partial charge in [0.25, 0.3) is 5.91 Å². The van der Waals surface area contributed by atoms with Crippen LogP contribution in [-0.4, -0.2) is 74.0 Å². The molecule has 0 radical (unpaired) electrons. The molecule has 1 aromatic rings. The first-order valence-electron chi connectivity index (χ1n) is 9.49. The molecule has 2 fully saturated rings. The Bertz CT molecular complexity index is 712. The van der Waals surface area contributed by atoms with Gasteiger partial charge in [0, 0.05) is 38.3 Å². The lowest BCUT2D eigenvalue weighted by atomic mass is 10.1. The van der Waals surface area contributed by atoms with Crippen LogP contribution >= 0.6 is 0 Å². The van der Waals surface area contributed by atoms with Gasteiger partial charge in [-0.3, -0.25) is 9.69 Å². The molecular weight excluding hydrogens is 350 g/mol. The predicted octanol–water partition coefficient (Wildman–Crippen LogP) is 1.78. The third-order valence-electron chi connectivity index (χ3n) is 5.27. The maximum Gasteiger partial charge on any atom is 0.253 e. The molecule has 0 bridgehead atoms. The second kappa shape index (κ2) is 8.50. The molecule has 0 aromatic heterocycles. The minimum Gasteiger partial charge on any atom is -0.337 e. The van der Waals surface area contributed by atoms with Crippen molar-refractivity contribution in [2.24, 2.45) is 0 Å². The number of hydrogen-bond acceptors (Lipinski definition) is 4. The van der Waals surface area contributed by atoms with Crippen molar-refractivity contribution in [3.8, 4) is 0 Å². The van der Waals surface area contributed by atoms with Crippen molar-refractivity contribution in [3.63, 3.8) is 0 Å². The Morgan fingerprint density at radius 3 is 2.23 bits per heavy atom. The summed E-state index contributed by atoms with van der Waals surface area (Å²) in [7, 11) is -3.19. The third-order valence-corrected chi connectivity index (χ3v) is 6.57. The summed E-state index contributed by atoms with van der Waals surface area (Å²) in [4.78, 5) is 17.0. The summed E-state index contributed by atoms with van der Waals surface area (Å²) in [5.74, 6) is -0.00938. The Labute approximate surface area is 156 Å². The maximum absolute atomic E-state index is 12.8. The molecule has 144 valence electrons. The van der Waals surface area contributed by atoms with Gasteiger partial charge < -0.3 is 4.90 Å². The van der Waals surface area contributed by atoms with Gasteiger partial charge in [-0.05, 0) is 50.0 Å². The summed E-state index contributed by atoms with van der Waals surface area (Å²) in [6, 6.07) is 7.90. The molecule has 0 spiro atoms. The summed E-state index contributed by atoms with van der Waals surface area (Å²) in [6.45, 7) is 5.16. The minimum atomic E-state index is -3.19. The van der Waals surface area contributed by atoms with E-state index in [1.165, 1.54) is 35.4 Å². The van der Waals surface area contributed by atoms with Crippen molar-refractivity contribution < 1.29 is 13.2 Å². The van der Waals surface area contributed by atoms with Gasteiger partial charge in [-0.2, -0.15) is 0 Å². The second-order valence-corrected chi connectivity index (χ2v) is 9.32. The van der Waals surface area contributed by atoms with Crippen molar-refractivity contribution in [3.05, 3.63) is 35.4 Å². The lowest BCUT2D eigenvalue weighted by molar-refractivity contribution is 0.0764. The van der Waals surface area contributed by atoms with Crippen LogP contribution in [0, 0.1) is 0 Å². The quantitative estimate of drug-likeness (QED) is 0.800. The van der Waals surface area contributed by atoms with E-state index in [4.69, 9.17) is 0 Å². The lowest BCUT2D eigenvalue weighted by Gasteiger charge is -2.26. The van der Waals surface area contributed by atoms with Gasteiger partial charge in [0.05, 0.1) is 6.26 Å². The maximum atomic E-state index is 12.8. The highest BCUT2D eigenvalue weighted by Crippen LogP contribution is 2.15. The van der Waals surface area contributed by atoms with Crippen molar-refractivity contribution >= 4 is 15.9 Å². The van der Waals surface area contributed by atoms with E-state index >= 15 is 0 Å². The molecule has 3 rings (SSSR count). The number of nitrogens with zero attached hydrogens (tertiary/aromatic N) is 3. The van der Waals surface area contributed by atoms with Crippen LogP contribution in [0.2, 0.25) is 0 Å². The lowest BCUT2D eigenvalue weighted by Crippen LogP contribution is -2.37. The Morgan fingerprint density at radius 2 is 1.58 bits per heavy atom. The molecule has 0 atom stereocenters. The second-order valence-electron chi connectivity index (χ2n) is 7.34. The van der Waals surface area contributed by atoms with Gasteiger partial charge in [-0.15, -0.1) is 0 Å². The van der Waals surface area contributed by atoms with E-state index in [2.05, 4.69) is 4.90 Å². The van der Waals surface area contributed by atoms with Gasteiger partial charge in [-0.1, -0.05) is 18.6 Å². The molecule has 0 saturated carbocycles. The topological polar surface area (TPSA) is 60.9 Å². The van der Waals surface area contributed by atoms with Crippen molar-refractivity contribution in [2.45, 2.75) is 32.2 Å². The van der Waals surface area contributed by atoms with E-state index in [1.807, 2.05) is 24.3 Å². The fraction of sp³-hybridized carbons (Fsp3) is 0.632. The molecule has 0 N–H and O–H groups in total. The summed E-state index contributed by atoms with van der Waals surface area (Å²) in [6.07, 6.45) is 5.78. The van der Waals surface area contributed by atoms with Crippen LogP contribution in [0.1, 0.15) is 41.6 Å². The smallest absolute Gasteiger partial charge is 0.253 e. The van der Waals surface area contributed by atoms with Crippen LogP contribution in [0.4, 0.5) is 0 Å². The largest absolute Gasteiger partial charge is 0.337 e. The third kappa shape index (κ3) is 5.05. The van der Waals surface area contributed by atoms with Gasteiger partial charge >= 0.3 is 0 Å². The summed E-state index contributed by atoms with van der Waals surface area (Å²) in [5.41, 5.74) is 1.92. The highest BCUT2D eigenvalue weighted by Gasteiger charge is 2.24. The zero-order valence-corrected chi connectivity index (χ0v) is 16.4. The summed E-state index contributed by atoms with van der Waals surface area (Å²) >= 11 is 0. The van der Waals surface area contributed by atoms with Crippen molar-refractivity contribution in [1.82, 2.24) is 14.1 Å². The van der Waals surface area contributed by atoms with Gasteiger partial charge in [0.15, 0.2) is 0 Å². The number of carbonyl (C=O) groups is 1. The predicted molar refractivity (Wildman–Crippen MR) is 103 cm³/mol. The van der Waals surface area contributed by atoms with Crippen molar-refractivity contribution in [1.29, 1.82) is 0 Å². The molecule has 7 heteroatoms. The molecule has 2 aliphatic heterocycles. The summed E-state index contributed by atoms with van der Waals surface area (Å²) in [5, 5.41) is 0. The van der Waals surface area contributed by atoms with Crippen LogP contribution in [-0.2, 0) is 16.6 Å². The number of piperidine rings is 1. The van der Waals surface area contributed by atoms with Crippen LogP contribution in [0.15, 0.2) is 24.3 Å². The molecule has 2 saturated heterocycles. The monoisotopic (exact) mass is 379 g/mol. The highest BCUT2D eigenvalue weighted by atomic mass is 32.2. The van der Waals surface area contributed by atoms with Crippen LogP contribution in [0.5, 0.6) is 0 Å². The Morgan fingerprint density at radius 1 is 0.885 bits per heavy atom. The van der Waals surface area contributed by atoms with Gasteiger partial charge in [0.2, 0.25) is 10.0 Å². The minimum absolute atomic E-state index is 0.00938. The number of likely N-dealkylation sites (tertiary alicyclic amines) is 1. The molecule has 1 amide bonds. The van der Waals surface area contributed by atoms with E-state index < -0.39 is 10.0 Å². The fourth-order valence-corrected chi connectivity index (χ4v) is 4.61. The van der Waals surface area contributed by atoms with E-state index in [0.717, 1.165) is 19.6 Å². The Hall–Kier alpha value is -1.44. The number of carbonyl (C=O) groups excluding carboxylic acids is 1. The molecular formula is C19H29N3O3S. The number of hydrogen-bond donors (Lipinski definition) is 0. The standard InChI is InChI=1S/C19H29N3O3S/c1-26(24,25)22-13-5-12-21(14-15-22)19(23)18-8-6-17(7-9-18)16-20-10-3-2-4-11-20/h6-9H,2-5,10-16H2,1H3. The molecule has 26 heavy (non-hydrogen) atoms. The molecule has 0 unspecified atom stereocenters. The Kier molecular flexibility index (Phi) is 6.32. The number of sulfonamides is 1. The molecule has 0 aliphatic carbocycles. The number of rotatable bonds is 4. The van der Waals surface area contributed by atoms with Crippen LogP contribution in [0.3, 0.4) is 0 Å². The normalized spacial score (nSPS) is 20.7.